The number of halogens is 4. The maximum absolute atomic E-state index is 14.4. The number of rotatable bonds is 14. The minimum atomic E-state index is -1.68. The smallest absolute Gasteiger partial charge is 0.341 e. The van der Waals surface area contributed by atoms with E-state index in [0.29, 0.717) is 24.7 Å². The van der Waals surface area contributed by atoms with Crippen LogP contribution < -0.4 is 19.3 Å². The van der Waals surface area contributed by atoms with E-state index in [0.717, 1.165) is 55.9 Å². The summed E-state index contributed by atoms with van der Waals surface area (Å²) in [4.78, 5) is 18.4. The molecule has 1 aliphatic rings. The molecule has 0 saturated heterocycles. The van der Waals surface area contributed by atoms with Gasteiger partial charge in [0, 0.05) is 45.1 Å². The van der Waals surface area contributed by atoms with Crippen molar-refractivity contribution in [2.24, 2.45) is 0 Å². The van der Waals surface area contributed by atoms with Crippen molar-refractivity contribution < 1.29 is 19.0 Å². The number of hydrogen-bond donors (Lipinski definition) is 0. The molecule has 7 aromatic rings. The van der Waals surface area contributed by atoms with Crippen LogP contribution in [0.15, 0.2) is 170 Å². The predicted octanol–water partition coefficient (Wildman–Crippen LogP) is 14.2. The van der Waals surface area contributed by atoms with Gasteiger partial charge in [-0.3, -0.25) is 0 Å². The van der Waals surface area contributed by atoms with E-state index >= 15 is 0 Å². The first kappa shape index (κ1) is 44.5. The number of benzene rings is 7. The van der Waals surface area contributed by atoms with Crippen LogP contribution in [0.4, 0.5) is 11.4 Å². The zero-order chi connectivity index (χ0) is 45.0. The highest BCUT2D eigenvalue weighted by molar-refractivity contribution is 6.53. The van der Waals surface area contributed by atoms with Crippen LogP contribution in [0.2, 0.25) is 20.1 Å². The quantitative estimate of drug-likeness (QED) is 0.0615. The summed E-state index contributed by atoms with van der Waals surface area (Å²) in [5.74, 6) is 0.683. The maximum atomic E-state index is 14.4. The summed E-state index contributed by atoms with van der Waals surface area (Å²) in [6, 6.07) is 52.0. The summed E-state index contributed by atoms with van der Waals surface area (Å²) in [7, 11) is 7.96. The van der Waals surface area contributed by atoms with Crippen molar-refractivity contribution in [2.75, 3.05) is 38.0 Å². The zero-order valence-corrected chi connectivity index (χ0v) is 38.6. The van der Waals surface area contributed by atoms with E-state index in [1.54, 1.807) is 0 Å². The van der Waals surface area contributed by atoms with E-state index < -0.39 is 11.6 Å². The second kappa shape index (κ2) is 19.3. The van der Waals surface area contributed by atoms with Gasteiger partial charge in [0.05, 0.1) is 25.7 Å². The first-order valence-electron chi connectivity index (χ1n) is 20.6. The summed E-state index contributed by atoms with van der Waals surface area (Å²) in [5, 5.41) is -0.0363. The van der Waals surface area contributed by atoms with Crippen molar-refractivity contribution in [3.05, 3.63) is 234 Å². The molecule has 0 amide bonds. The Balaban J connectivity index is 1.34. The zero-order valence-electron chi connectivity index (χ0n) is 35.6. The van der Waals surface area contributed by atoms with Crippen molar-refractivity contribution in [2.45, 2.75) is 18.8 Å². The van der Waals surface area contributed by atoms with Crippen molar-refractivity contribution >= 4 is 74.9 Å². The predicted molar refractivity (Wildman–Crippen MR) is 264 cm³/mol. The van der Waals surface area contributed by atoms with Crippen molar-refractivity contribution in [3.63, 3.8) is 0 Å². The molecule has 0 spiro atoms. The summed E-state index contributed by atoms with van der Waals surface area (Å²) >= 11 is 27.6. The number of hydrogen-bond acceptors (Lipinski definition) is 6. The largest absolute Gasteiger partial charge is 0.489 e. The summed E-state index contributed by atoms with van der Waals surface area (Å²) in [6.07, 6.45) is 3.83. The van der Waals surface area contributed by atoms with Crippen LogP contribution in [0.25, 0.3) is 11.1 Å². The lowest BCUT2D eigenvalue weighted by molar-refractivity contribution is 0.0300. The highest BCUT2D eigenvalue weighted by atomic mass is 35.5. The first-order chi connectivity index (χ1) is 30.9. The fourth-order valence-corrected chi connectivity index (χ4v) is 8.69. The second-order valence-corrected chi connectivity index (χ2v) is 17.3. The molecule has 64 heavy (non-hydrogen) atoms. The average Bonchev–Trinajstić information content (AvgIpc) is 3.62. The van der Waals surface area contributed by atoms with E-state index in [1.165, 1.54) is 0 Å². The molecular formula is C54H44Cl4N2O4. The summed E-state index contributed by atoms with van der Waals surface area (Å²) in [6.45, 7) is 0.826. The number of carbonyl (C=O) groups excluding carboxylic acids is 1. The fourth-order valence-electron chi connectivity index (χ4n) is 7.61. The summed E-state index contributed by atoms with van der Waals surface area (Å²) < 4.78 is 19.0. The lowest BCUT2D eigenvalue weighted by Crippen LogP contribution is -2.23. The topological polar surface area (TPSA) is 51.2 Å². The van der Waals surface area contributed by atoms with Gasteiger partial charge in [-0.1, -0.05) is 156 Å². The van der Waals surface area contributed by atoms with Gasteiger partial charge >= 0.3 is 5.97 Å². The maximum Gasteiger partial charge on any atom is 0.341 e. The third-order valence-electron chi connectivity index (χ3n) is 11.1. The molecule has 1 heterocycles. The highest BCUT2D eigenvalue weighted by Gasteiger charge is 2.48. The van der Waals surface area contributed by atoms with Gasteiger partial charge in [-0.2, -0.15) is 0 Å². The SMILES string of the molecule is CN(C)c1ccc(C(=CC2(C=C(c3ccc(OCc4ccccc4)cc3)c3ccc(N(C)C)cc3)OC(=O)c3c(Cl)c(Cl)c(Cl)c(Cl)c32)c2ccc(OCc3ccccc3)cc2)cc1. The molecule has 10 heteroatoms. The Labute approximate surface area is 394 Å². The molecule has 6 nitrogen and oxygen atoms in total. The Morgan fingerprint density at radius 1 is 0.500 bits per heavy atom. The Morgan fingerprint density at radius 3 is 1.23 bits per heavy atom. The van der Waals surface area contributed by atoms with Crippen molar-refractivity contribution in [1.29, 1.82) is 0 Å². The van der Waals surface area contributed by atoms with E-state index in [1.807, 2.05) is 208 Å². The molecule has 8 rings (SSSR count). The number of ether oxygens (including phenoxy) is 3. The van der Waals surface area contributed by atoms with E-state index in [-0.39, 0.29) is 31.2 Å². The Kier molecular flexibility index (Phi) is 13.4. The van der Waals surface area contributed by atoms with Crippen LogP contribution in [0.3, 0.4) is 0 Å². The van der Waals surface area contributed by atoms with Crippen LogP contribution in [0.1, 0.15) is 49.3 Å². The molecule has 0 bridgehead atoms. The summed E-state index contributed by atoms with van der Waals surface area (Å²) in [5.41, 5.74) is 7.57. The number of anilines is 2. The molecular weight excluding hydrogens is 882 g/mol. The third kappa shape index (κ3) is 9.52. The molecule has 0 aliphatic carbocycles. The van der Waals surface area contributed by atoms with Crippen LogP contribution >= 0.6 is 46.4 Å². The lowest BCUT2D eigenvalue weighted by atomic mass is 9.83. The van der Waals surface area contributed by atoms with E-state index in [2.05, 4.69) is 0 Å². The van der Waals surface area contributed by atoms with E-state index in [4.69, 9.17) is 60.6 Å². The van der Waals surface area contributed by atoms with Crippen LogP contribution in [-0.2, 0) is 23.6 Å². The van der Waals surface area contributed by atoms with Gasteiger partial charge in [-0.05, 0) is 105 Å². The van der Waals surface area contributed by atoms with Crippen molar-refractivity contribution in [1.82, 2.24) is 0 Å². The number of cyclic esters (lactones) is 1. The normalized spacial score (nSPS) is 14.8. The van der Waals surface area contributed by atoms with Crippen molar-refractivity contribution in [3.8, 4) is 11.5 Å². The molecule has 0 radical (unpaired) electrons. The molecule has 0 unspecified atom stereocenters. The number of carbonyl (C=O) groups is 1. The average molecular weight is 927 g/mol. The highest BCUT2D eigenvalue weighted by Crippen LogP contribution is 2.53. The molecule has 322 valence electrons. The van der Waals surface area contributed by atoms with Gasteiger partial charge in [-0.15, -0.1) is 0 Å². The molecule has 1 aliphatic heterocycles. The number of fused-ring (bicyclic) bond motifs is 1. The number of esters is 1. The fraction of sp³-hybridized carbons (Fsp3) is 0.130. The molecule has 0 aromatic heterocycles. The molecule has 0 fully saturated rings. The van der Waals surface area contributed by atoms with Crippen LogP contribution in [0, 0.1) is 0 Å². The van der Waals surface area contributed by atoms with E-state index in [9.17, 15) is 4.79 Å². The van der Waals surface area contributed by atoms with Gasteiger partial charge < -0.3 is 24.0 Å². The standard InChI is InChI=1S/C54H44Cl4N2O4/c1-59(2)41-23-15-37(16-24-41)45(39-19-27-43(28-20-39)62-33-35-11-7-5-8-12-35)31-54(48-47(53(61)64-54)49(55)51(57)52(58)50(48)56)32-46(38-17-25-42(26-18-38)60(3)4)40-21-29-44(30-22-40)63-34-36-13-9-6-10-14-36/h5-32H,33-34H2,1-4H3. The number of nitrogens with zero attached hydrogens (tertiary/aromatic N) is 2. The van der Waals surface area contributed by atoms with Crippen LogP contribution in [-0.4, -0.2) is 34.2 Å². The Morgan fingerprint density at radius 2 is 0.859 bits per heavy atom. The van der Waals surface area contributed by atoms with Crippen LogP contribution in [0.5, 0.6) is 11.5 Å². The van der Waals surface area contributed by atoms with Gasteiger partial charge in [0.15, 0.2) is 5.60 Å². The lowest BCUT2D eigenvalue weighted by Gasteiger charge is -2.27. The third-order valence-corrected chi connectivity index (χ3v) is 12.9. The minimum Gasteiger partial charge on any atom is -0.489 e. The molecule has 0 saturated carbocycles. The van der Waals surface area contributed by atoms with Gasteiger partial charge in [0.1, 0.15) is 24.7 Å². The minimum absolute atomic E-state index is 0.00478. The second-order valence-electron chi connectivity index (χ2n) is 15.8. The first-order valence-corrected chi connectivity index (χ1v) is 22.1. The monoisotopic (exact) mass is 924 g/mol. The molecule has 0 N–H and O–H groups in total. The molecule has 0 atom stereocenters. The van der Waals surface area contributed by atoms with Gasteiger partial charge in [0.25, 0.3) is 0 Å². The Bertz CT molecular complexity index is 2670. The molecule has 7 aromatic carbocycles. The van der Waals surface area contributed by atoms with Gasteiger partial charge in [0.2, 0.25) is 0 Å². The van der Waals surface area contributed by atoms with Gasteiger partial charge in [-0.25, -0.2) is 4.79 Å². The Hall–Kier alpha value is -6.15.